The number of anilines is 1. The van der Waals surface area contributed by atoms with Crippen LogP contribution in [0.3, 0.4) is 0 Å². The Balaban J connectivity index is 1.39. The highest BCUT2D eigenvalue weighted by atomic mass is 16.1. The molecule has 2 aromatic heterocycles. The van der Waals surface area contributed by atoms with Gasteiger partial charge in [-0.2, -0.15) is 0 Å². The molecule has 1 saturated carbocycles. The maximum Gasteiger partial charge on any atom is 0.253 e. The molecule has 6 rings (SSSR count). The van der Waals surface area contributed by atoms with Crippen molar-refractivity contribution >= 4 is 16.6 Å². The Bertz CT molecular complexity index is 1370. The van der Waals surface area contributed by atoms with Crippen LogP contribution in [0.5, 0.6) is 0 Å². The molecule has 8 nitrogen and oxygen atoms in total. The Hall–Kier alpha value is -3.52. The van der Waals surface area contributed by atoms with Crippen molar-refractivity contribution in [3.63, 3.8) is 0 Å². The van der Waals surface area contributed by atoms with Crippen molar-refractivity contribution in [1.29, 1.82) is 0 Å². The van der Waals surface area contributed by atoms with Gasteiger partial charge in [0.25, 0.3) is 5.56 Å². The van der Waals surface area contributed by atoms with E-state index >= 15 is 0 Å². The first-order valence-electron chi connectivity index (χ1n) is 12.6. The minimum atomic E-state index is -0.294. The number of nitrogens with one attached hydrogen (secondary N) is 1. The van der Waals surface area contributed by atoms with Gasteiger partial charge in [-0.1, -0.05) is 43.2 Å². The van der Waals surface area contributed by atoms with Crippen LogP contribution in [0.4, 0.5) is 5.69 Å². The third-order valence-corrected chi connectivity index (χ3v) is 7.56. The highest BCUT2D eigenvalue weighted by Gasteiger charge is 2.34. The van der Waals surface area contributed by atoms with Gasteiger partial charge >= 0.3 is 0 Å². The number of pyridine rings is 1. The molecule has 0 amide bonds. The van der Waals surface area contributed by atoms with Crippen molar-refractivity contribution in [2.75, 3.05) is 31.1 Å². The van der Waals surface area contributed by atoms with Crippen LogP contribution in [0, 0.1) is 6.92 Å². The zero-order valence-electron chi connectivity index (χ0n) is 20.1. The number of rotatable bonds is 5. The Morgan fingerprint density at radius 1 is 0.971 bits per heavy atom. The smallest absolute Gasteiger partial charge is 0.253 e. The van der Waals surface area contributed by atoms with Crippen molar-refractivity contribution < 1.29 is 0 Å². The number of H-pyrrole nitrogens is 1. The average molecular weight is 470 g/mol. The van der Waals surface area contributed by atoms with Crippen molar-refractivity contribution in [2.24, 2.45) is 0 Å². The molecule has 1 saturated heterocycles. The highest BCUT2D eigenvalue weighted by molar-refractivity contribution is 5.79. The minimum Gasteiger partial charge on any atom is -0.369 e. The molecule has 8 heteroatoms. The Kier molecular flexibility index (Phi) is 5.82. The van der Waals surface area contributed by atoms with Crippen LogP contribution in [0.1, 0.15) is 54.7 Å². The molecule has 0 unspecified atom stereocenters. The largest absolute Gasteiger partial charge is 0.369 e. The topological polar surface area (TPSA) is 82.9 Å². The summed E-state index contributed by atoms with van der Waals surface area (Å²) in [6.45, 7) is 5.45. The monoisotopic (exact) mass is 469 g/mol. The van der Waals surface area contributed by atoms with Crippen LogP contribution in [-0.2, 0) is 0 Å². The molecule has 180 valence electrons. The zero-order chi connectivity index (χ0) is 23.8. The molecule has 2 aliphatic rings. The van der Waals surface area contributed by atoms with Gasteiger partial charge in [0, 0.05) is 42.9 Å². The van der Waals surface area contributed by atoms with E-state index in [0.29, 0.717) is 11.6 Å². The Morgan fingerprint density at radius 3 is 2.51 bits per heavy atom. The second kappa shape index (κ2) is 9.26. The van der Waals surface area contributed by atoms with Crippen molar-refractivity contribution in [3.05, 3.63) is 81.9 Å². The first kappa shape index (κ1) is 22.0. The Morgan fingerprint density at radius 2 is 1.74 bits per heavy atom. The normalized spacial score (nSPS) is 18.4. The van der Waals surface area contributed by atoms with E-state index in [0.717, 1.165) is 61.3 Å². The lowest BCUT2D eigenvalue weighted by Gasteiger charge is -2.39. The van der Waals surface area contributed by atoms with E-state index in [1.54, 1.807) is 0 Å². The van der Waals surface area contributed by atoms with Crippen molar-refractivity contribution in [2.45, 2.75) is 44.7 Å². The molecule has 1 atom stereocenters. The number of benzene rings is 2. The molecule has 1 aliphatic carbocycles. The maximum absolute atomic E-state index is 13.5. The molecule has 2 fully saturated rings. The summed E-state index contributed by atoms with van der Waals surface area (Å²) in [4.78, 5) is 21.4. The lowest BCUT2D eigenvalue weighted by Crippen LogP contribution is -2.49. The Labute approximate surface area is 204 Å². The molecule has 0 bridgehead atoms. The quantitative estimate of drug-likeness (QED) is 0.478. The van der Waals surface area contributed by atoms with Crippen LogP contribution in [0.25, 0.3) is 10.9 Å². The molecule has 0 radical (unpaired) electrons. The SMILES string of the molecule is Cc1ccc2cc([C@H](c3nnnn3C3CCCC3)N3CCN(c4ccccc4)CC3)c(=O)[nH]c2c1. The lowest BCUT2D eigenvalue weighted by atomic mass is 10.0. The number of aryl methyl sites for hydroxylation is 1. The van der Waals surface area contributed by atoms with Gasteiger partial charge in [-0.15, -0.1) is 5.10 Å². The fourth-order valence-electron chi connectivity index (χ4n) is 5.70. The fraction of sp³-hybridized carbons (Fsp3) is 0.407. The minimum absolute atomic E-state index is 0.0699. The zero-order valence-corrected chi connectivity index (χ0v) is 20.1. The summed E-state index contributed by atoms with van der Waals surface area (Å²) >= 11 is 0. The van der Waals surface area contributed by atoms with Gasteiger partial charge in [0.05, 0.1) is 6.04 Å². The summed E-state index contributed by atoms with van der Waals surface area (Å²) in [7, 11) is 0. The molecule has 3 heterocycles. The van der Waals surface area contributed by atoms with Gasteiger partial charge in [-0.05, 0) is 65.4 Å². The van der Waals surface area contributed by atoms with E-state index in [2.05, 4.69) is 66.7 Å². The van der Waals surface area contributed by atoms with Crippen LogP contribution < -0.4 is 10.5 Å². The first-order valence-corrected chi connectivity index (χ1v) is 12.6. The summed E-state index contributed by atoms with van der Waals surface area (Å²) in [5.41, 5.74) is 3.86. The van der Waals surface area contributed by atoms with E-state index < -0.39 is 0 Å². The number of piperazine rings is 1. The predicted molar refractivity (Wildman–Crippen MR) is 137 cm³/mol. The summed E-state index contributed by atoms with van der Waals surface area (Å²) in [5, 5.41) is 14.0. The predicted octanol–water partition coefficient (Wildman–Crippen LogP) is 3.85. The van der Waals surface area contributed by atoms with E-state index in [1.807, 2.05) is 29.8 Å². The molecule has 4 aromatic rings. The second-order valence-electron chi connectivity index (χ2n) is 9.83. The van der Waals surface area contributed by atoms with Gasteiger partial charge < -0.3 is 9.88 Å². The third-order valence-electron chi connectivity index (χ3n) is 7.56. The van der Waals surface area contributed by atoms with E-state index in [4.69, 9.17) is 0 Å². The van der Waals surface area contributed by atoms with E-state index in [1.165, 1.54) is 18.5 Å². The number of aromatic amines is 1. The molecule has 1 N–H and O–H groups in total. The number of hydrogen-bond donors (Lipinski definition) is 1. The van der Waals surface area contributed by atoms with Crippen LogP contribution in [-0.4, -0.2) is 56.3 Å². The highest BCUT2D eigenvalue weighted by Crippen LogP contribution is 2.34. The van der Waals surface area contributed by atoms with Crippen molar-refractivity contribution in [3.8, 4) is 0 Å². The number of para-hydroxylation sites is 1. The van der Waals surface area contributed by atoms with Crippen LogP contribution in [0.15, 0.2) is 59.4 Å². The number of fused-ring (bicyclic) bond motifs is 1. The summed E-state index contributed by atoms with van der Waals surface area (Å²) < 4.78 is 2.00. The van der Waals surface area contributed by atoms with Gasteiger partial charge in [0.1, 0.15) is 6.04 Å². The van der Waals surface area contributed by atoms with Gasteiger partial charge in [0.15, 0.2) is 5.82 Å². The van der Waals surface area contributed by atoms with Gasteiger partial charge in [-0.25, -0.2) is 4.68 Å². The second-order valence-corrected chi connectivity index (χ2v) is 9.83. The third kappa shape index (κ3) is 4.23. The molecule has 2 aromatic carbocycles. The number of aromatic nitrogens is 5. The molecular formula is C27H31N7O. The molecule has 35 heavy (non-hydrogen) atoms. The standard InChI is InChI=1S/C27H31N7O/c1-19-11-12-20-18-23(27(35)28-24(20)17-19)25(26-29-30-31-34(26)22-9-5-6-10-22)33-15-13-32(14-16-33)21-7-3-2-4-8-21/h2-4,7-8,11-12,17-18,22,25H,5-6,9-10,13-16H2,1H3,(H,28,35)/t25-/m1/s1. The van der Waals surface area contributed by atoms with E-state index in [9.17, 15) is 4.79 Å². The average Bonchev–Trinajstić information content (AvgIpc) is 3.58. The van der Waals surface area contributed by atoms with Crippen molar-refractivity contribution in [1.82, 2.24) is 30.1 Å². The summed E-state index contributed by atoms with van der Waals surface area (Å²) in [6, 6.07) is 18.8. The summed E-state index contributed by atoms with van der Waals surface area (Å²) in [5.74, 6) is 0.780. The van der Waals surface area contributed by atoms with Crippen LogP contribution >= 0.6 is 0 Å². The van der Waals surface area contributed by atoms with E-state index in [-0.39, 0.29) is 11.6 Å². The van der Waals surface area contributed by atoms with Gasteiger partial charge in [0.2, 0.25) is 0 Å². The van der Waals surface area contributed by atoms with Crippen LogP contribution in [0.2, 0.25) is 0 Å². The number of hydrogen-bond acceptors (Lipinski definition) is 6. The first-order chi connectivity index (χ1) is 17.2. The summed E-state index contributed by atoms with van der Waals surface area (Å²) in [6.07, 6.45) is 4.56. The number of tetrazole rings is 1. The molecular weight excluding hydrogens is 438 g/mol. The van der Waals surface area contributed by atoms with Gasteiger partial charge in [-0.3, -0.25) is 9.69 Å². The number of nitrogens with zero attached hydrogens (tertiary/aromatic N) is 6. The maximum atomic E-state index is 13.5. The fourth-order valence-corrected chi connectivity index (χ4v) is 5.70. The lowest BCUT2D eigenvalue weighted by molar-refractivity contribution is 0.197. The molecule has 0 spiro atoms. The molecule has 1 aliphatic heterocycles.